The highest BCUT2D eigenvalue weighted by Gasteiger charge is 2.54. The van der Waals surface area contributed by atoms with Crippen LogP contribution in [-0.4, -0.2) is 17.3 Å². The maximum Gasteiger partial charge on any atom is 0.231 e. The number of alkyl halides is 1. The highest BCUT2D eigenvalue weighted by molar-refractivity contribution is 9.09. The molecule has 1 aromatic carbocycles. The van der Waals surface area contributed by atoms with Crippen molar-refractivity contribution in [2.75, 3.05) is 11.9 Å². The molecular weight excluding hydrogens is 306 g/mol. The molecule has 3 nitrogen and oxygen atoms in total. The summed E-state index contributed by atoms with van der Waals surface area (Å²) in [6.07, 6.45) is 0.897. The maximum absolute atomic E-state index is 12.0. The van der Waals surface area contributed by atoms with Gasteiger partial charge < -0.3 is 10.1 Å². The van der Waals surface area contributed by atoms with E-state index in [0.717, 1.165) is 17.9 Å². The van der Waals surface area contributed by atoms with Gasteiger partial charge in [-0.3, -0.25) is 4.79 Å². The molecule has 2 rings (SSSR count). The third kappa shape index (κ3) is 3.50. The molecule has 1 aromatic rings. The highest BCUT2D eigenvalue weighted by Crippen LogP contribution is 2.51. The summed E-state index contributed by atoms with van der Waals surface area (Å²) in [5.74, 6) is 1.41. The summed E-state index contributed by atoms with van der Waals surface area (Å²) < 4.78 is 5.60. The molecule has 0 saturated heterocycles. The molecule has 1 amide bonds. The smallest absolute Gasteiger partial charge is 0.231 e. The van der Waals surface area contributed by atoms with Gasteiger partial charge in [0.2, 0.25) is 5.91 Å². The number of hydrogen-bond donors (Lipinski definition) is 1. The number of halogens is 1. The molecule has 19 heavy (non-hydrogen) atoms. The molecule has 0 heterocycles. The average Bonchev–Trinajstić information content (AvgIpc) is 2.98. The van der Waals surface area contributed by atoms with Gasteiger partial charge in [0.25, 0.3) is 0 Å². The Morgan fingerprint density at radius 2 is 2.05 bits per heavy atom. The Labute approximate surface area is 122 Å². The molecule has 0 radical (unpaired) electrons. The summed E-state index contributed by atoms with van der Waals surface area (Å²) in [7, 11) is 0. The normalized spacial score (nSPS) is 25.2. The van der Waals surface area contributed by atoms with Gasteiger partial charge in [-0.1, -0.05) is 29.8 Å². The lowest BCUT2D eigenvalue weighted by atomic mass is 10.1. The molecule has 1 aliphatic carbocycles. The van der Waals surface area contributed by atoms with Crippen LogP contribution in [-0.2, 0) is 4.79 Å². The molecule has 2 unspecified atom stereocenters. The Bertz CT molecular complexity index is 458. The lowest BCUT2D eigenvalue weighted by molar-refractivity contribution is -0.120. The topological polar surface area (TPSA) is 38.3 Å². The fraction of sp³-hybridized carbons (Fsp3) is 0.533. The van der Waals surface area contributed by atoms with Crippen molar-refractivity contribution >= 4 is 27.5 Å². The van der Waals surface area contributed by atoms with Gasteiger partial charge in [-0.05, 0) is 43.5 Å². The van der Waals surface area contributed by atoms with E-state index < -0.39 is 0 Å². The van der Waals surface area contributed by atoms with Gasteiger partial charge in [0.15, 0.2) is 0 Å². The minimum Gasteiger partial charge on any atom is -0.493 e. The van der Waals surface area contributed by atoms with Crippen LogP contribution in [0.4, 0.5) is 5.69 Å². The predicted molar refractivity (Wildman–Crippen MR) is 80.8 cm³/mol. The second-order valence-electron chi connectivity index (χ2n) is 5.77. The van der Waals surface area contributed by atoms with Crippen molar-refractivity contribution in [3.8, 4) is 5.75 Å². The van der Waals surface area contributed by atoms with E-state index in [9.17, 15) is 4.79 Å². The third-order valence-electron chi connectivity index (χ3n) is 3.35. The van der Waals surface area contributed by atoms with E-state index >= 15 is 0 Å². The number of carbonyl (C=O) groups excluding carboxylic acids is 1. The summed E-state index contributed by atoms with van der Waals surface area (Å²) in [6.45, 7) is 6.90. The quantitative estimate of drug-likeness (QED) is 0.835. The fourth-order valence-corrected chi connectivity index (χ4v) is 2.60. The Hall–Kier alpha value is -1.03. The molecule has 0 aromatic heterocycles. The summed E-state index contributed by atoms with van der Waals surface area (Å²) >= 11 is 3.48. The summed E-state index contributed by atoms with van der Waals surface area (Å²) in [5.41, 5.74) is 0.557. The minimum atomic E-state index is -0.257. The number of carbonyl (C=O) groups is 1. The van der Waals surface area contributed by atoms with Gasteiger partial charge in [0.1, 0.15) is 5.75 Å². The lowest BCUT2D eigenvalue weighted by Gasteiger charge is -2.12. The van der Waals surface area contributed by atoms with Crippen LogP contribution in [0.15, 0.2) is 24.3 Å². The fourth-order valence-electron chi connectivity index (χ4n) is 1.72. The van der Waals surface area contributed by atoms with Crippen LogP contribution in [0.3, 0.4) is 0 Å². The molecule has 1 N–H and O–H groups in total. The Morgan fingerprint density at radius 3 is 2.53 bits per heavy atom. The first kappa shape index (κ1) is 14.4. The molecular formula is C15H20BrNO2. The van der Waals surface area contributed by atoms with Crippen molar-refractivity contribution in [3.63, 3.8) is 0 Å². The molecule has 1 fully saturated rings. The van der Waals surface area contributed by atoms with E-state index in [1.165, 1.54) is 0 Å². The molecule has 0 spiro atoms. The molecule has 1 saturated carbocycles. The zero-order valence-corrected chi connectivity index (χ0v) is 13.2. The van der Waals surface area contributed by atoms with Gasteiger partial charge in [-0.15, -0.1) is 0 Å². The van der Waals surface area contributed by atoms with Crippen molar-refractivity contribution in [2.24, 2.45) is 11.3 Å². The van der Waals surface area contributed by atoms with E-state index in [-0.39, 0.29) is 11.3 Å². The zero-order valence-electron chi connectivity index (χ0n) is 11.6. The first-order valence-corrected chi connectivity index (χ1v) is 7.52. The lowest BCUT2D eigenvalue weighted by Crippen LogP contribution is -2.23. The Balaban J connectivity index is 1.90. The van der Waals surface area contributed by atoms with Crippen LogP contribution in [0.1, 0.15) is 27.2 Å². The van der Waals surface area contributed by atoms with Gasteiger partial charge in [0, 0.05) is 10.5 Å². The molecule has 104 valence electrons. The van der Waals surface area contributed by atoms with Crippen LogP contribution < -0.4 is 10.1 Å². The number of ether oxygens (including phenoxy) is 1. The van der Waals surface area contributed by atoms with E-state index in [1.54, 1.807) is 0 Å². The first-order valence-electron chi connectivity index (χ1n) is 6.60. The number of anilines is 1. The highest BCUT2D eigenvalue weighted by atomic mass is 79.9. The number of rotatable bonds is 5. The van der Waals surface area contributed by atoms with Crippen molar-refractivity contribution in [3.05, 3.63) is 24.3 Å². The number of amides is 1. The van der Waals surface area contributed by atoms with Gasteiger partial charge in [-0.25, -0.2) is 0 Å². The van der Waals surface area contributed by atoms with Crippen molar-refractivity contribution in [1.82, 2.24) is 0 Å². The van der Waals surface area contributed by atoms with E-state index in [1.807, 2.05) is 31.2 Å². The summed E-state index contributed by atoms with van der Waals surface area (Å²) in [6, 6.07) is 7.53. The Kier molecular flexibility index (Phi) is 4.19. The number of nitrogens with one attached hydrogen (secondary N) is 1. The van der Waals surface area contributed by atoms with E-state index in [2.05, 4.69) is 35.1 Å². The minimum absolute atomic E-state index is 0.0743. The summed E-state index contributed by atoms with van der Waals surface area (Å²) in [5, 5.41) is 2.94. The largest absolute Gasteiger partial charge is 0.493 e. The van der Waals surface area contributed by atoms with Gasteiger partial charge in [-0.2, -0.15) is 0 Å². The Morgan fingerprint density at radius 1 is 1.47 bits per heavy atom. The third-order valence-corrected chi connectivity index (χ3v) is 4.68. The second-order valence-corrected chi connectivity index (χ2v) is 6.88. The standard InChI is InChI=1S/C15H20BrNO2/c1-10(2)9-19-12-6-4-11(5-7-12)17-14(18)15(3)8-13(15)16/h4-7,10,13H,8-9H2,1-3H3,(H,17,18). The zero-order chi connectivity index (χ0) is 14.0. The van der Waals surface area contributed by atoms with Crippen LogP contribution in [0.5, 0.6) is 5.75 Å². The summed E-state index contributed by atoms with van der Waals surface area (Å²) in [4.78, 5) is 12.3. The predicted octanol–water partition coefficient (Wildman–Crippen LogP) is 3.83. The average molecular weight is 326 g/mol. The number of benzene rings is 1. The number of hydrogen-bond acceptors (Lipinski definition) is 2. The van der Waals surface area contributed by atoms with Crippen molar-refractivity contribution < 1.29 is 9.53 Å². The van der Waals surface area contributed by atoms with Crippen LogP contribution >= 0.6 is 15.9 Å². The second kappa shape index (κ2) is 5.53. The molecule has 2 atom stereocenters. The molecule has 0 bridgehead atoms. The molecule has 1 aliphatic rings. The van der Waals surface area contributed by atoms with E-state index in [0.29, 0.717) is 17.4 Å². The first-order chi connectivity index (χ1) is 8.91. The van der Waals surface area contributed by atoms with Gasteiger partial charge in [0.05, 0.1) is 12.0 Å². The molecule has 0 aliphatic heterocycles. The maximum atomic E-state index is 12.0. The van der Waals surface area contributed by atoms with Crippen molar-refractivity contribution in [2.45, 2.75) is 32.0 Å². The van der Waals surface area contributed by atoms with Gasteiger partial charge >= 0.3 is 0 Å². The van der Waals surface area contributed by atoms with Crippen molar-refractivity contribution in [1.29, 1.82) is 0 Å². The molecule has 4 heteroatoms. The monoisotopic (exact) mass is 325 g/mol. The van der Waals surface area contributed by atoms with E-state index in [4.69, 9.17) is 4.74 Å². The SMILES string of the molecule is CC(C)COc1ccc(NC(=O)C2(C)CC2Br)cc1. The van der Waals surface area contributed by atoms with Crippen LogP contribution in [0.2, 0.25) is 0 Å². The van der Waals surface area contributed by atoms with Crippen LogP contribution in [0, 0.1) is 11.3 Å². The van der Waals surface area contributed by atoms with Crippen LogP contribution in [0.25, 0.3) is 0 Å².